The third-order valence-electron chi connectivity index (χ3n) is 7.51. The number of halogens is 3. The molecule has 0 aliphatic carbocycles. The van der Waals surface area contributed by atoms with E-state index in [0.29, 0.717) is 10.6 Å². The van der Waals surface area contributed by atoms with Crippen LogP contribution in [0, 0.1) is 11.6 Å². The van der Waals surface area contributed by atoms with Gasteiger partial charge in [0.15, 0.2) is 6.61 Å². The maximum Gasteiger partial charge on any atom is 0.261 e. The number of sulfonamides is 1. The highest BCUT2D eigenvalue weighted by atomic mass is 35.5. The van der Waals surface area contributed by atoms with Gasteiger partial charge in [-0.05, 0) is 89.5 Å². The normalized spacial score (nSPS) is 11.7. The van der Waals surface area contributed by atoms with Crippen molar-refractivity contribution >= 4 is 39.1 Å². The van der Waals surface area contributed by atoms with Crippen LogP contribution in [-0.4, -0.2) is 37.8 Å². The highest BCUT2D eigenvalue weighted by Crippen LogP contribution is 2.21. The standard InChI is InChI=1S/C37H32ClF2N3O5S/c38-29-10-6-27(7-11-29)23-41-37(45)35(22-26-4-2-1-3-5-26)43(24-28-8-12-30(39)13-9-28)36(44)25-48-33-18-20-34(21-19-33)49(46,47)42-32-16-14-31(40)15-17-32/h1-21,35,42H,22-25H2,(H,41,45)/t35-/m1/s1. The fraction of sp³-hybridized carbons (Fsp3) is 0.135. The molecule has 12 heteroatoms. The van der Waals surface area contributed by atoms with Gasteiger partial charge in [0.2, 0.25) is 5.91 Å². The number of carbonyl (C=O) groups is 2. The van der Waals surface area contributed by atoms with Gasteiger partial charge in [0.25, 0.3) is 15.9 Å². The summed E-state index contributed by atoms with van der Waals surface area (Å²) in [5.74, 6) is -1.66. The molecule has 0 aromatic heterocycles. The average Bonchev–Trinajstić information content (AvgIpc) is 3.10. The van der Waals surface area contributed by atoms with Crippen LogP contribution in [0.5, 0.6) is 5.75 Å². The van der Waals surface area contributed by atoms with Gasteiger partial charge in [-0.2, -0.15) is 0 Å². The largest absolute Gasteiger partial charge is 0.484 e. The Morgan fingerprint density at radius 1 is 0.735 bits per heavy atom. The third-order valence-corrected chi connectivity index (χ3v) is 9.16. The lowest BCUT2D eigenvalue weighted by Crippen LogP contribution is -2.51. The SMILES string of the molecule is O=C(NCc1ccc(Cl)cc1)[C@@H](Cc1ccccc1)N(Cc1ccc(F)cc1)C(=O)COc1ccc(S(=O)(=O)Nc2ccc(F)cc2)cc1. The van der Waals surface area contributed by atoms with Gasteiger partial charge in [-0.3, -0.25) is 14.3 Å². The molecule has 0 spiro atoms. The smallest absolute Gasteiger partial charge is 0.261 e. The number of nitrogens with zero attached hydrogens (tertiary/aromatic N) is 1. The Kier molecular flexibility index (Phi) is 11.6. The topological polar surface area (TPSA) is 105 Å². The van der Waals surface area contributed by atoms with Crippen LogP contribution in [0.1, 0.15) is 16.7 Å². The molecule has 0 heterocycles. The van der Waals surface area contributed by atoms with Gasteiger partial charge in [0.1, 0.15) is 23.4 Å². The molecule has 49 heavy (non-hydrogen) atoms. The van der Waals surface area contributed by atoms with E-state index in [-0.39, 0.29) is 35.8 Å². The summed E-state index contributed by atoms with van der Waals surface area (Å²) in [6.45, 7) is -0.293. The molecule has 0 bridgehead atoms. The van der Waals surface area contributed by atoms with Crippen LogP contribution in [-0.2, 0) is 39.1 Å². The quantitative estimate of drug-likeness (QED) is 0.133. The number of anilines is 1. The molecule has 5 rings (SSSR count). The van der Waals surface area contributed by atoms with Crippen molar-refractivity contribution in [3.63, 3.8) is 0 Å². The highest BCUT2D eigenvalue weighted by molar-refractivity contribution is 7.92. The Labute approximate surface area is 288 Å². The predicted molar refractivity (Wildman–Crippen MR) is 183 cm³/mol. The number of hydrogen-bond donors (Lipinski definition) is 2. The van der Waals surface area contributed by atoms with Crippen molar-refractivity contribution in [1.82, 2.24) is 10.2 Å². The molecule has 252 valence electrons. The molecule has 5 aromatic carbocycles. The van der Waals surface area contributed by atoms with Crippen molar-refractivity contribution in [3.05, 3.63) is 161 Å². The first-order valence-electron chi connectivity index (χ1n) is 15.2. The van der Waals surface area contributed by atoms with E-state index in [1.807, 2.05) is 30.3 Å². The van der Waals surface area contributed by atoms with Crippen LogP contribution in [0.3, 0.4) is 0 Å². The number of carbonyl (C=O) groups excluding carboxylic acids is 2. The fourth-order valence-corrected chi connectivity index (χ4v) is 6.11. The van der Waals surface area contributed by atoms with Crippen molar-refractivity contribution in [3.8, 4) is 5.75 Å². The van der Waals surface area contributed by atoms with E-state index in [1.165, 1.54) is 53.4 Å². The Hall–Kier alpha value is -5.26. The van der Waals surface area contributed by atoms with Gasteiger partial charge in [0, 0.05) is 30.2 Å². The molecule has 2 amide bonds. The molecule has 0 aliphatic rings. The second-order valence-corrected chi connectivity index (χ2v) is 13.2. The lowest BCUT2D eigenvalue weighted by atomic mass is 10.0. The second kappa shape index (κ2) is 16.2. The van der Waals surface area contributed by atoms with Crippen molar-refractivity contribution in [2.24, 2.45) is 0 Å². The summed E-state index contributed by atoms with van der Waals surface area (Å²) in [4.78, 5) is 29.0. The zero-order valence-corrected chi connectivity index (χ0v) is 27.6. The molecule has 0 radical (unpaired) electrons. The first-order valence-corrected chi connectivity index (χ1v) is 17.0. The van der Waals surface area contributed by atoms with Gasteiger partial charge in [0.05, 0.1) is 4.90 Å². The lowest BCUT2D eigenvalue weighted by molar-refractivity contribution is -0.142. The fourth-order valence-electron chi connectivity index (χ4n) is 4.92. The summed E-state index contributed by atoms with van der Waals surface area (Å²) >= 11 is 6.01. The molecule has 1 atom stereocenters. The van der Waals surface area contributed by atoms with Crippen LogP contribution in [0.25, 0.3) is 0 Å². The van der Waals surface area contributed by atoms with E-state index in [2.05, 4.69) is 10.0 Å². The zero-order valence-electron chi connectivity index (χ0n) is 26.1. The van der Waals surface area contributed by atoms with Crippen LogP contribution < -0.4 is 14.8 Å². The van der Waals surface area contributed by atoms with Gasteiger partial charge >= 0.3 is 0 Å². The van der Waals surface area contributed by atoms with Gasteiger partial charge in [-0.25, -0.2) is 17.2 Å². The second-order valence-electron chi connectivity index (χ2n) is 11.1. The van der Waals surface area contributed by atoms with Crippen molar-refractivity contribution in [2.75, 3.05) is 11.3 Å². The molecule has 8 nitrogen and oxygen atoms in total. The van der Waals surface area contributed by atoms with Crippen molar-refractivity contribution < 1.29 is 31.5 Å². The molecule has 0 saturated heterocycles. The summed E-state index contributed by atoms with van der Waals surface area (Å²) < 4.78 is 60.8. The minimum Gasteiger partial charge on any atom is -0.484 e. The Morgan fingerprint density at radius 2 is 1.33 bits per heavy atom. The summed E-state index contributed by atoms with van der Waals surface area (Å²) in [5, 5.41) is 3.49. The number of amides is 2. The van der Waals surface area contributed by atoms with E-state index < -0.39 is 46.1 Å². The molecule has 0 fully saturated rings. The van der Waals surface area contributed by atoms with E-state index in [1.54, 1.807) is 36.4 Å². The molecule has 0 saturated carbocycles. The molecule has 2 N–H and O–H groups in total. The lowest BCUT2D eigenvalue weighted by Gasteiger charge is -2.31. The Bertz CT molecular complexity index is 1960. The molecule has 0 unspecified atom stereocenters. The number of rotatable bonds is 14. The molecular weight excluding hydrogens is 672 g/mol. The Morgan fingerprint density at radius 3 is 1.96 bits per heavy atom. The van der Waals surface area contributed by atoms with Crippen LogP contribution in [0.2, 0.25) is 5.02 Å². The first-order chi connectivity index (χ1) is 23.6. The number of nitrogens with one attached hydrogen (secondary N) is 2. The maximum atomic E-state index is 13.9. The summed E-state index contributed by atoms with van der Waals surface area (Å²) in [6, 6.07) is 31.2. The van der Waals surface area contributed by atoms with Crippen LogP contribution in [0.4, 0.5) is 14.5 Å². The molecular formula is C37H32ClF2N3O5S. The summed E-state index contributed by atoms with van der Waals surface area (Å²) in [5.41, 5.74) is 2.42. The minimum absolute atomic E-state index is 0.0133. The van der Waals surface area contributed by atoms with Gasteiger partial charge < -0.3 is 15.0 Å². The van der Waals surface area contributed by atoms with E-state index in [4.69, 9.17) is 16.3 Å². The molecule has 0 aliphatic heterocycles. The summed E-state index contributed by atoms with van der Waals surface area (Å²) in [7, 11) is -3.98. The summed E-state index contributed by atoms with van der Waals surface area (Å²) in [6.07, 6.45) is 0.188. The third kappa shape index (κ3) is 10.1. The maximum absolute atomic E-state index is 13.9. The van der Waals surface area contributed by atoms with Crippen molar-refractivity contribution in [2.45, 2.75) is 30.4 Å². The average molecular weight is 704 g/mol. The van der Waals surface area contributed by atoms with Crippen molar-refractivity contribution in [1.29, 1.82) is 0 Å². The zero-order chi connectivity index (χ0) is 34.8. The van der Waals surface area contributed by atoms with E-state index >= 15 is 0 Å². The van der Waals surface area contributed by atoms with Gasteiger partial charge in [-0.1, -0.05) is 66.2 Å². The first kappa shape index (κ1) is 35.1. The van der Waals surface area contributed by atoms with Crippen LogP contribution in [0.15, 0.2) is 132 Å². The van der Waals surface area contributed by atoms with Crippen LogP contribution >= 0.6 is 11.6 Å². The molecule has 5 aromatic rings. The number of benzene rings is 5. The van der Waals surface area contributed by atoms with Gasteiger partial charge in [-0.15, -0.1) is 0 Å². The van der Waals surface area contributed by atoms with E-state index in [0.717, 1.165) is 23.3 Å². The number of hydrogen-bond acceptors (Lipinski definition) is 5. The van der Waals surface area contributed by atoms with E-state index in [9.17, 15) is 26.8 Å². The minimum atomic E-state index is -3.98. The highest BCUT2D eigenvalue weighted by Gasteiger charge is 2.31. The Balaban J connectivity index is 1.34. The predicted octanol–water partition coefficient (Wildman–Crippen LogP) is 6.75. The number of ether oxygens (including phenoxy) is 1. The monoisotopic (exact) mass is 703 g/mol.